The Labute approximate surface area is 138 Å². The minimum Gasteiger partial charge on any atom is -0.444 e. The first-order valence-corrected chi connectivity index (χ1v) is 8.39. The highest BCUT2D eigenvalue weighted by molar-refractivity contribution is 5.86. The lowest BCUT2D eigenvalue weighted by atomic mass is 9.86. The monoisotopic (exact) mass is 311 g/mol. The number of amides is 1. The molecule has 1 fully saturated rings. The van der Waals surface area contributed by atoms with Crippen molar-refractivity contribution < 1.29 is 9.53 Å². The standard InChI is InChI=1S/C20H25NO2/c1-20(2,3)23-19(22)21-13-11-16(12-14-21)18-10-6-8-15-7-4-5-9-17(15)18/h4-10,16H,11-14H2,1-3H3. The fourth-order valence-corrected chi connectivity index (χ4v) is 3.31. The zero-order valence-electron chi connectivity index (χ0n) is 14.2. The van der Waals surface area contributed by atoms with E-state index in [9.17, 15) is 4.79 Å². The Balaban J connectivity index is 1.70. The van der Waals surface area contributed by atoms with Crippen molar-refractivity contribution in [2.45, 2.75) is 45.1 Å². The number of benzene rings is 2. The van der Waals surface area contributed by atoms with Crippen LogP contribution < -0.4 is 0 Å². The zero-order chi connectivity index (χ0) is 16.4. The Bertz CT molecular complexity index is 689. The molecule has 0 aromatic heterocycles. The van der Waals surface area contributed by atoms with E-state index in [1.54, 1.807) is 0 Å². The van der Waals surface area contributed by atoms with Gasteiger partial charge in [0, 0.05) is 13.1 Å². The van der Waals surface area contributed by atoms with Gasteiger partial charge in [-0.3, -0.25) is 0 Å². The van der Waals surface area contributed by atoms with Crippen molar-refractivity contribution in [2.24, 2.45) is 0 Å². The normalized spacial score (nSPS) is 16.6. The highest BCUT2D eigenvalue weighted by Gasteiger charge is 2.27. The summed E-state index contributed by atoms with van der Waals surface area (Å²) in [6.07, 6.45) is 1.80. The van der Waals surface area contributed by atoms with Crippen molar-refractivity contribution in [2.75, 3.05) is 13.1 Å². The number of fused-ring (bicyclic) bond motifs is 1. The molecule has 1 amide bonds. The molecule has 1 aliphatic heterocycles. The summed E-state index contributed by atoms with van der Waals surface area (Å²) in [6.45, 7) is 7.26. The summed E-state index contributed by atoms with van der Waals surface area (Å²) >= 11 is 0. The Morgan fingerprint density at radius 1 is 1.04 bits per heavy atom. The smallest absolute Gasteiger partial charge is 0.410 e. The highest BCUT2D eigenvalue weighted by atomic mass is 16.6. The van der Waals surface area contributed by atoms with Gasteiger partial charge in [-0.1, -0.05) is 42.5 Å². The molecule has 2 aromatic carbocycles. The molecule has 122 valence electrons. The molecule has 1 saturated heterocycles. The molecule has 0 bridgehead atoms. The molecule has 0 saturated carbocycles. The third kappa shape index (κ3) is 3.66. The van der Waals surface area contributed by atoms with E-state index in [2.05, 4.69) is 42.5 Å². The molecule has 1 heterocycles. The predicted molar refractivity (Wildman–Crippen MR) is 93.7 cm³/mol. The zero-order valence-corrected chi connectivity index (χ0v) is 14.2. The number of ether oxygens (including phenoxy) is 1. The van der Waals surface area contributed by atoms with Crippen LogP contribution in [0.1, 0.15) is 45.1 Å². The van der Waals surface area contributed by atoms with Crippen molar-refractivity contribution in [1.29, 1.82) is 0 Å². The van der Waals surface area contributed by atoms with Gasteiger partial charge in [0.05, 0.1) is 0 Å². The van der Waals surface area contributed by atoms with Crippen LogP contribution in [0, 0.1) is 0 Å². The third-order valence-electron chi connectivity index (χ3n) is 4.41. The Morgan fingerprint density at radius 2 is 1.70 bits per heavy atom. The highest BCUT2D eigenvalue weighted by Crippen LogP contribution is 2.33. The summed E-state index contributed by atoms with van der Waals surface area (Å²) in [5.74, 6) is 0.514. The largest absolute Gasteiger partial charge is 0.444 e. The molecule has 2 aromatic rings. The molecule has 23 heavy (non-hydrogen) atoms. The van der Waals surface area contributed by atoms with Gasteiger partial charge in [0.1, 0.15) is 5.60 Å². The Morgan fingerprint density at radius 3 is 2.39 bits per heavy atom. The second kappa shape index (κ2) is 6.23. The van der Waals surface area contributed by atoms with Gasteiger partial charge in [0.2, 0.25) is 0 Å². The molecule has 3 rings (SSSR count). The first kappa shape index (κ1) is 15.9. The van der Waals surface area contributed by atoms with Crippen LogP contribution in [0.3, 0.4) is 0 Å². The van der Waals surface area contributed by atoms with Crippen LogP contribution in [0.15, 0.2) is 42.5 Å². The molecule has 0 radical (unpaired) electrons. The van der Waals surface area contributed by atoms with Crippen LogP contribution >= 0.6 is 0 Å². The maximum absolute atomic E-state index is 12.2. The van der Waals surface area contributed by atoms with Crippen molar-refractivity contribution in [3.63, 3.8) is 0 Å². The molecule has 1 aliphatic rings. The number of carbonyl (C=O) groups is 1. The molecule has 0 unspecified atom stereocenters. The summed E-state index contributed by atoms with van der Waals surface area (Å²) < 4.78 is 5.48. The number of piperidine rings is 1. The van der Waals surface area contributed by atoms with E-state index in [1.807, 2.05) is 25.7 Å². The van der Waals surface area contributed by atoms with E-state index in [1.165, 1.54) is 16.3 Å². The van der Waals surface area contributed by atoms with Crippen molar-refractivity contribution >= 4 is 16.9 Å². The molecule has 3 nitrogen and oxygen atoms in total. The van der Waals surface area contributed by atoms with Gasteiger partial charge in [-0.25, -0.2) is 4.79 Å². The SMILES string of the molecule is CC(C)(C)OC(=O)N1CCC(c2cccc3ccccc23)CC1. The van der Waals surface area contributed by atoms with Gasteiger partial charge in [-0.2, -0.15) is 0 Å². The van der Waals surface area contributed by atoms with Crippen molar-refractivity contribution in [3.05, 3.63) is 48.0 Å². The Hall–Kier alpha value is -2.03. The van der Waals surface area contributed by atoms with Gasteiger partial charge in [-0.05, 0) is 55.9 Å². The predicted octanol–water partition coefficient (Wildman–Crippen LogP) is 4.95. The number of likely N-dealkylation sites (tertiary alicyclic amines) is 1. The van der Waals surface area contributed by atoms with Gasteiger partial charge >= 0.3 is 6.09 Å². The van der Waals surface area contributed by atoms with Crippen LogP contribution in [-0.4, -0.2) is 29.7 Å². The minimum absolute atomic E-state index is 0.186. The summed E-state index contributed by atoms with van der Waals surface area (Å²) in [5, 5.41) is 2.63. The summed E-state index contributed by atoms with van der Waals surface area (Å²) in [5.41, 5.74) is 0.982. The number of nitrogens with zero attached hydrogens (tertiary/aromatic N) is 1. The molecule has 0 atom stereocenters. The van der Waals surface area contributed by atoms with Crippen LogP contribution in [0.4, 0.5) is 4.79 Å². The van der Waals surface area contributed by atoms with Gasteiger partial charge in [0.25, 0.3) is 0 Å². The molecule has 0 N–H and O–H groups in total. The summed E-state index contributed by atoms with van der Waals surface area (Å²) in [7, 11) is 0. The van der Waals surface area contributed by atoms with Crippen LogP contribution in [-0.2, 0) is 4.74 Å². The van der Waals surface area contributed by atoms with Gasteiger partial charge in [-0.15, -0.1) is 0 Å². The van der Waals surface area contributed by atoms with Crippen LogP contribution in [0.2, 0.25) is 0 Å². The van der Waals surface area contributed by atoms with E-state index in [0.717, 1.165) is 25.9 Å². The third-order valence-corrected chi connectivity index (χ3v) is 4.41. The first-order valence-electron chi connectivity index (χ1n) is 8.39. The average Bonchev–Trinajstić information content (AvgIpc) is 2.53. The second-order valence-corrected chi connectivity index (χ2v) is 7.31. The fraction of sp³-hybridized carbons (Fsp3) is 0.450. The molecular weight excluding hydrogens is 286 g/mol. The molecule has 3 heteroatoms. The van der Waals surface area contributed by atoms with Gasteiger partial charge < -0.3 is 9.64 Å². The first-order chi connectivity index (χ1) is 10.9. The summed E-state index contributed by atoms with van der Waals surface area (Å²) in [4.78, 5) is 14.0. The second-order valence-electron chi connectivity index (χ2n) is 7.31. The van der Waals surface area contributed by atoms with E-state index >= 15 is 0 Å². The van der Waals surface area contributed by atoms with E-state index in [0.29, 0.717) is 5.92 Å². The lowest BCUT2D eigenvalue weighted by Crippen LogP contribution is -2.41. The molecular formula is C20H25NO2. The van der Waals surface area contributed by atoms with Crippen LogP contribution in [0.5, 0.6) is 0 Å². The average molecular weight is 311 g/mol. The quantitative estimate of drug-likeness (QED) is 0.745. The minimum atomic E-state index is -0.427. The maximum Gasteiger partial charge on any atom is 0.410 e. The maximum atomic E-state index is 12.2. The van der Waals surface area contributed by atoms with E-state index in [4.69, 9.17) is 4.74 Å². The molecule has 0 spiro atoms. The van der Waals surface area contributed by atoms with E-state index in [-0.39, 0.29) is 6.09 Å². The van der Waals surface area contributed by atoms with Crippen molar-refractivity contribution in [1.82, 2.24) is 4.90 Å². The lowest BCUT2D eigenvalue weighted by molar-refractivity contribution is 0.0205. The summed E-state index contributed by atoms with van der Waals surface area (Å²) in [6, 6.07) is 15.1. The van der Waals surface area contributed by atoms with Gasteiger partial charge in [0.15, 0.2) is 0 Å². The number of carbonyl (C=O) groups excluding carboxylic acids is 1. The number of hydrogen-bond donors (Lipinski definition) is 0. The fourth-order valence-electron chi connectivity index (χ4n) is 3.31. The van der Waals surface area contributed by atoms with E-state index < -0.39 is 5.60 Å². The molecule has 0 aliphatic carbocycles. The van der Waals surface area contributed by atoms with Crippen LogP contribution in [0.25, 0.3) is 10.8 Å². The van der Waals surface area contributed by atoms with Crippen molar-refractivity contribution in [3.8, 4) is 0 Å². The lowest BCUT2D eigenvalue weighted by Gasteiger charge is -2.34. The number of hydrogen-bond acceptors (Lipinski definition) is 2. The topological polar surface area (TPSA) is 29.5 Å². The number of rotatable bonds is 1. The Kier molecular flexibility index (Phi) is 4.29.